The van der Waals surface area contributed by atoms with Gasteiger partial charge in [-0.1, -0.05) is 19.8 Å². The summed E-state index contributed by atoms with van der Waals surface area (Å²) < 4.78 is 0. The van der Waals surface area contributed by atoms with E-state index in [1.54, 1.807) is 6.07 Å². The molecule has 0 bridgehead atoms. The molecule has 0 radical (unpaired) electrons. The second kappa shape index (κ2) is 13.7. The summed E-state index contributed by atoms with van der Waals surface area (Å²) in [6.07, 6.45) is 7.73. The predicted molar refractivity (Wildman–Crippen MR) is 101 cm³/mol. The molecule has 1 saturated carbocycles. The molecule has 0 amide bonds. The Labute approximate surface area is 200 Å². The summed E-state index contributed by atoms with van der Waals surface area (Å²) >= 11 is 0. The first-order valence-corrected chi connectivity index (χ1v) is 8.63. The van der Waals surface area contributed by atoms with Crippen LogP contribution in [-0.4, -0.2) is 49.4 Å². The fourth-order valence-electron chi connectivity index (χ4n) is 2.61. The number of carbonyl (C=O) groups excluding carboxylic acids is 1. The summed E-state index contributed by atoms with van der Waals surface area (Å²) in [5.41, 5.74) is 3.25. The van der Waals surface area contributed by atoms with Crippen LogP contribution in [0.25, 0.3) is 0 Å². The van der Waals surface area contributed by atoms with Crippen molar-refractivity contribution in [3.05, 3.63) is 42.2 Å². The van der Waals surface area contributed by atoms with Gasteiger partial charge >= 0.3 is 57.4 Å². The number of anilines is 1. The Morgan fingerprint density at radius 2 is 2.00 bits per heavy atom. The molecule has 0 spiro atoms. The Hall–Kier alpha value is -0.374. The smallest absolute Gasteiger partial charge is 0.481 e. The molecule has 2 N–H and O–H groups in total. The van der Waals surface area contributed by atoms with Gasteiger partial charge in [0.15, 0.2) is 0 Å². The van der Waals surface area contributed by atoms with Gasteiger partial charge in [0.2, 0.25) is 0 Å². The number of likely N-dealkylation sites (N-methyl/N-ethyl adjacent to an activating group) is 1. The Bertz CT molecular complexity index is 570. The number of nitrogens with one attached hydrogen (secondary N) is 1. The van der Waals surface area contributed by atoms with E-state index in [9.17, 15) is 9.59 Å². The maximum atomic E-state index is 10.7. The Kier molecular flexibility index (Phi) is 13.5. The third kappa shape index (κ3) is 9.53. The number of hydrogen-bond donors (Lipinski definition) is 2. The number of carbonyl (C=O) groups is 1. The monoisotopic (exact) mass is 384 g/mol. The number of benzene rings is 1. The summed E-state index contributed by atoms with van der Waals surface area (Å²) in [4.78, 5) is 23.2. The number of aryl methyl sites for hydroxylation is 1. The first-order chi connectivity index (χ1) is 11.8. The van der Waals surface area contributed by atoms with E-state index in [1.165, 1.54) is 0 Å². The van der Waals surface area contributed by atoms with Crippen LogP contribution in [0, 0.1) is 26.2 Å². The van der Waals surface area contributed by atoms with E-state index in [2.05, 4.69) is 23.6 Å². The first kappa shape index (κ1) is 25.6. The maximum absolute atomic E-state index is 10.7. The molecular formula is C20H29KN2O3-2. The quantitative estimate of drug-likeness (QED) is 0.537. The molecule has 5 nitrogen and oxygen atoms in total. The fraction of sp³-hybridized carbons (Fsp3) is 0.500. The average Bonchev–Trinajstić information content (AvgIpc) is 2.59. The van der Waals surface area contributed by atoms with Gasteiger partial charge in [-0.3, -0.25) is 22.8 Å². The van der Waals surface area contributed by atoms with Gasteiger partial charge in [0, 0.05) is 13.1 Å². The summed E-state index contributed by atoms with van der Waals surface area (Å²) in [5.74, 6) is -0.682. The van der Waals surface area contributed by atoms with Crippen molar-refractivity contribution in [3.63, 3.8) is 0 Å². The van der Waals surface area contributed by atoms with Gasteiger partial charge in [-0.25, -0.2) is 5.56 Å². The zero-order valence-electron chi connectivity index (χ0n) is 16.5. The van der Waals surface area contributed by atoms with Crippen LogP contribution in [0.1, 0.15) is 42.4 Å². The number of carboxylic acid groups (broad SMARTS) is 1. The summed E-state index contributed by atoms with van der Waals surface area (Å²) in [5, 5.41) is 11.8. The number of nitrogens with zero attached hydrogens (tertiary/aromatic N) is 1. The molecule has 0 aromatic heterocycles. The van der Waals surface area contributed by atoms with E-state index < -0.39 is 5.97 Å². The molecule has 0 unspecified atom stereocenters. The maximum Gasteiger partial charge on any atom is 1.00 e. The number of aliphatic carboxylic acids is 1. The van der Waals surface area contributed by atoms with Gasteiger partial charge in [0.1, 0.15) is 0 Å². The number of carboxylic acids is 1. The van der Waals surface area contributed by atoms with E-state index in [1.807, 2.05) is 33.4 Å². The SMILES string of the molecule is O=C(O)C1CC[CH-]CC1.[CH2-]c1c(C)cc(NCCN(C)C)cc1[C-]=O.[K+]. The molecule has 1 aliphatic carbocycles. The molecule has 0 atom stereocenters. The molecule has 0 heterocycles. The van der Waals surface area contributed by atoms with Crippen molar-refractivity contribution in [2.24, 2.45) is 5.92 Å². The van der Waals surface area contributed by atoms with Crippen molar-refractivity contribution >= 4 is 17.9 Å². The predicted octanol–water partition coefficient (Wildman–Crippen LogP) is 0.0780. The number of hydrogen-bond acceptors (Lipinski definition) is 4. The second-order valence-electron chi connectivity index (χ2n) is 6.63. The van der Waals surface area contributed by atoms with Gasteiger partial charge in [0.05, 0.1) is 5.92 Å². The molecule has 6 heteroatoms. The van der Waals surface area contributed by atoms with Crippen LogP contribution in [0.15, 0.2) is 12.1 Å². The van der Waals surface area contributed by atoms with Crippen LogP contribution in [0.5, 0.6) is 0 Å². The summed E-state index contributed by atoms with van der Waals surface area (Å²) in [6.45, 7) is 7.58. The first-order valence-electron chi connectivity index (χ1n) is 8.63. The number of rotatable bonds is 6. The van der Waals surface area contributed by atoms with Gasteiger partial charge in [-0.15, -0.1) is 6.07 Å². The average molecular weight is 385 g/mol. The standard InChI is InChI=1S/C13H18N2O.C7H11O2.K/c1-10-7-13(14-5-6-15(3)4)8-12(9-16)11(10)2;8-7(9)6-4-2-1-3-5-6;/h7-8,14H,2,5-6H2,1,3-4H3;1,6H,2-5H2,(H,8,9);/q-2;-1;+1. The largest absolute Gasteiger partial charge is 1.00 e. The zero-order valence-corrected chi connectivity index (χ0v) is 19.6. The second-order valence-corrected chi connectivity index (χ2v) is 6.63. The molecule has 26 heavy (non-hydrogen) atoms. The van der Waals surface area contributed by atoms with Gasteiger partial charge in [-0.2, -0.15) is 18.9 Å². The molecule has 140 valence electrons. The van der Waals surface area contributed by atoms with Crippen molar-refractivity contribution in [1.29, 1.82) is 0 Å². The zero-order chi connectivity index (χ0) is 18.8. The fourth-order valence-corrected chi connectivity index (χ4v) is 2.61. The topological polar surface area (TPSA) is 69.6 Å². The van der Waals surface area contributed by atoms with E-state index in [0.717, 1.165) is 55.6 Å². The molecule has 1 aromatic rings. The van der Waals surface area contributed by atoms with Gasteiger partial charge in [-0.05, 0) is 26.1 Å². The van der Waals surface area contributed by atoms with E-state index in [4.69, 9.17) is 5.11 Å². The van der Waals surface area contributed by atoms with Crippen LogP contribution in [0.2, 0.25) is 0 Å². The van der Waals surface area contributed by atoms with E-state index in [-0.39, 0.29) is 57.3 Å². The van der Waals surface area contributed by atoms with Crippen molar-refractivity contribution in [3.8, 4) is 0 Å². The minimum Gasteiger partial charge on any atom is -0.481 e. The Morgan fingerprint density at radius 1 is 1.38 bits per heavy atom. The molecule has 0 aliphatic heterocycles. The Morgan fingerprint density at radius 3 is 2.46 bits per heavy atom. The van der Waals surface area contributed by atoms with Crippen molar-refractivity contribution in [2.45, 2.75) is 32.6 Å². The normalized spacial score (nSPS) is 14.0. The molecule has 1 aromatic carbocycles. The van der Waals surface area contributed by atoms with Crippen molar-refractivity contribution in [2.75, 3.05) is 32.5 Å². The van der Waals surface area contributed by atoms with Crippen molar-refractivity contribution < 1.29 is 66.1 Å². The molecule has 1 aliphatic rings. The van der Waals surface area contributed by atoms with E-state index in [0.29, 0.717) is 5.56 Å². The molecule has 2 rings (SSSR count). The molecule has 0 saturated heterocycles. The van der Waals surface area contributed by atoms with E-state index >= 15 is 0 Å². The van der Waals surface area contributed by atoms with Gasteiger partial charge < -0.3 is 26.5 Å². The van der Waals surface area contributed by atoms with Crippen LogP contribution in [-0.2, 0) is 9.59 Å². The minimum absolute atomic E-state index is 0. The third-order valence-corrected chi connectivity index (χ3v) is 4.26. The summed E-state index contributed by atoms with van der Waals surface area (Å²) in [6, 6.07) is 3.79. The molecule has 1 fully saturated rings. The molecular weight excluding hydrogens is 355 g/mol. The van der Waals surface area contributed by atoms with Crippen LogP contribution >= 0.6 is 0 Å². The van der Waals surface area contributed by atoms with Crippen LogP contribution in [0.4, 0.5) is 5.69 Å². The van der Waals surface area contributed by atoms with Crippen molar-refractivity contribution in [1.82, 2.24) is 4.90 Å². The summed E-state index contributed by atoms with van der Waals surface area (Å²) in [7, 11) is 4.05. The minimum atomic E-state index is -0.622. The van der Waals surface area contributed by atoms with Crippen LogP contribution < -0.4 is 56.7 Å². The van der Waals surface area contributed by atoms with Crippen LogP contribution in [0.3, 0.4) is 0 Å². The van der Waals surface area contributed by atoms with Gasteiger partial charge in [0.25, 0.3) is 0 Å². The Balaban J connectivity index is 0.000000532. The third-order valence-electron chi connectivity index (χ3n) is 4.26.